The van der Waals surface area contributed by atoms with Gasteiger partial charge in [0.2, 0.25) is 0 Å². The molecule has 0 unspecified atom stereocenters. The van der Waals surface area contributed by atoms with Crippen LogP contribution in [-0.2, 0) is 9.53 Å². The number of esters is 1. The number of nitriles is 1. The second-order valence-electron chi connectivity index (χ2n) is 5.94. The van der Waals surface area contributed by atoms with E-state index in [9.17, 15) is 19.6 Å². The van der Waals surface area contributed by atoms with Crippen molar-refractivity contribution in [1.29, 1.82) is 5.26 Å². The molecule has 0 aliphatic heterocycles. The molecule has 0 saturated carbocycles. The minimum atomic E-state index is -1.07. The number of rotatable bonds is 7. The van der Waals surface area contributed by atoms with Gasteiger partial charge in [-0.3, -0.25) is 9.59 Å². The van der Waals surface area contributed by atoms with Gasteiger partial charge in [0, 0.05) is 16.8 Å². The minimum absolute atomic E-state index is 0.162. The molecule has 146 valence electrons. The topological polar surface area (TPSA) is 122 Å². The van der Waals surface area contributed by atoms with Crippen LogP contribution in [0.3, 0.4) is 0 Å². The number of ketones is 1. The molecule has 1 amide bonds. The largest absolute Gasteiger partial charge is 0.459 e. The van der Waals surface area contributed by atoms with E-state index in [1.807, 2.05) is 6.07 Å². The second-order valence-corrected chi connectivity index (χ2v) is 6.83. The zero-order chi connectivity index (χ0) is 20.8. The van der Waals surface area contributed by atoms with Gasteiger partial charge in [-0.15, -0.1) is 11.3 Å². The number of hydrogen-bond acceptors (Lipinski definition) is 8. The number of aromatic nitrogens is 1. The number of carbonyl (C=O) groups excluding carboxylic acids is 3. The Morgan fingerprint density at radius 3 is 2.62 bits per heavy atom. The van der Waals surface area contributed by atoms with E-state index < -0.39 is 30.2 Å². The molecule has 0 aliphatic rings. The third-order valence-corrected chi connectivity index (χ3v) is 4.83. The van der Waals surface area contributed by atoms with Crippen molar-refractivity contribution in [2.75, 3.05) is 11.9 Å². The van der Waals surface area contributed by atoms with Crippen molar-refractivity contribution >= 4 is 34.7 Å². The molecule has 8 nitrogen and oxygen atoms in total. The van der Waals surface area contributed by atoms with Gasteiger partial charge >= 0.3 is 5.97 Å². The van der Waals surface area contributed by atoms with Crippen molar-refractivity contribution in [2.24, 2.45) is 0 Å². The lowest BCUT2D eigenvalue weighted by molar-refractivity contribution is -0.122. The highest BCUT2D eigenvalue weighted by Crippen LogP contribution is 2.21. The number of nitrogens with one attached hydrogen (secondary N) is 1. The van der Waals surface area contributed by atoms with E-state index >= 15 is 0 Å². The summed E-state index contributed by atoms with van der Waals surface area (Å²) in [5.41, 5.74) is 1.38. The van der Waals surface area contributed by atoms with Crippen LogP contribution in [0.5, 0.6) is 0 Å². The Balaban J connectivity index is 1.56. The second kappa shape index (κ2) is 8.95. The first-order chi connectivity index (χ1) is 14.0. The fourth-order valence-corrected chi connectivity index (χ4v) is 3.22. The highest BCUT2D eigenvalue weighted by atomic mass is 32.1. The molecular weight excluding hydrogens is 394 g/mol. The van der Waals surface area contributed by atoms with E-state index in [4.69, 9.17) is 9.15 Å². The first kappa shape index (κ1) is 20.0. The molecule has 3 aromatic rings. The average molecular weight is 409 g/mol. The van der Waals surface area contributed by atoms with Gasteiger partial charge < -0.3 is 14.5 Å². The van der Waals surface area contributed by atoms with Gasteiger partial charge in [0.1, 0.15) is 5.01 Å². The maximum Gasteiger partial charge on any atom is 0.338 e. The summed E-state index contributed by atoms with van der Waals surface area (Å²) < 4.78 is 10.0. The van der Waals surface area contributed by atoms with Crippen LogP contribution in [0.4, 0.5) is 5.69 Å². The highest BCUT2D eigenvalue weighted by molar-refractivity contribution is 7.09. The molecule has 3 rings (SSSR count). The molecule has 29 heavy (non-hydrogen) atoms. The quantitative estimate of drug-likeness (QED) is 0.594. The predicted octanol–water partition coefficient (Wildman–Crippen LogP) is 3.33. The van der Waals surface area contributed by atoms with Crippen LogP contribution in [0, 0.1) is 18.3 Å². The van der Waals surface area contributed by atoms with Crippen LogP contribution < -0.4 is 5.32 Å². The number of anilines is 1. The predicted molar refractivity (Wildman–Crippen MR) is 104 cm³/mol. The molecule has 2 aromatic heterocycles. The Kier molecular flexibility index (Phi) is 6.16. The fourth-order valence-electron chi connectivity index (χ4n) is 2.36. The number of carbonyl (C=O) groups is 3. The molecule has 0 fully saturated rings. The first-order valence-electron chi connectivity index (χ1n) is 8.44. The van der Waals surface area contributed by atoms with Crippen LogP contribution in [0.25, 0.3) is 0 Å². The van der Waals surface area contributed by atoms with Crippen molar-refractivity contribution < 1.29 is 23.5 Å². The van der Waals surface area contributed by atoms with Gasteiger partial charge in [0.05, 0.1) is 17.9 Å². The van der Waals surface area contributed by atoms with Gasteiger partial charge in [-0.2, -0.15) is 5.26 Å². The van der Waals surface area contributed by atoms with Crippen LogP contribution in [0.1, 0.15) is 37.5 Å². The molecule has 0 radical (unpaired) electrons. The number of hydrogen-bond donors (Lipinski definition) is 1. The number of aryl methyl sites for hydroxylation is 1. The zero-order valence-corrected chi connectivity index (χ0v) is 16.1. The summed E-state index contributed by atoms with van der Waals surface area (Å²) in [4.78, 5) is 40.4. The Hall–Kier alpha value is -3.77. The summed E-state index contributed by atoms with van der Waals surface area (Å²) in [5, 5.41) is 14.0. The van der Waals surface area contributed by atoms with E-state index in [1.54, 1.807) is 18.4 Å². The molecule has 0 saturated heterocycles. The summed E-state index contributed by atoms with van der Waals surface area (Å²) in [6.07, 6.45) is 1.39. The summed E-state index contributed by atoms with van der Waals surface area (Å²) in [7, 11) is 0. The van der Waals surface area contributed by atoms with Crippen molar-refractivity contribution in [3.8, 4) is 6.07 Å². The Labute approximate surface area is 169 Å². The monoisotopic (exact) mass is 409 g/mol. The number of furan rings is 1. The molecule has 2 heterocycles. The van der Waals surface area contributed by atoms with Gasteiger partial charge in [-0.1, -0.05) is 0 Å². The van der Waals surface area contributed by atoms with Crippen molar-refractivity contribution in [3.63, 3.8) is 0 Å². The Morgan fingerprint density at radius 1 is 1.28 bits per heavy atom. The highest BCUT2D eigenvalue weighted by Gasteiger charge is 2.24. The minimum Gasteiger partial charge on any atom is -0.459 e. The number of ether oxygens (including phenoxy) is 1. The zero-order valence-electron chi connectivity index (χ0n) is 15.2. The van der Waals surface area contributed by atoms with E-state index in [0.29, 0.717) is 16.4 Å². The van der Waals surface area contributed by atoms with Gasteiger partial charge in [0.25, 0.3) is 5.91 Å². The number of Topliss-reactive ketones (excluding diaryl/α,β-unsaturated/α-hetero) is 1. The lowest BCUT2D eigenvalue weighted by Gasteiger charge is -2.08. The molecule has 1 aromatic carbocycles. The third kappa shape index (κ3) is 4.94. The lowest BCUT2D eigenvalue weighted by atomic mass is 10.1. The fraction of sp³-hybridized carbons (Fsp3) is 0.150. The number of nitrogens with zero attached hydrogens (tertiary/aromatic N) is 2. The SMILES string of the molecule is Cc1csc([C@@H](C#N)C(=O)COC(=O)c2ccc(NC(=O)c3ccco3)cc2)n1. The van der Waals surface area contributed by atoms with E-state index in [2.05, 4.69) is 10.3 Å². The summed E-state index contributed by atoms with van der Waals surface area (Å²) in [6, 6.07) is 11.0. The van der Waals surface area contributed by atoms with Gasteiger partial charge in [0.15, 0.2) is 24.1 Å². The molecular formula is C20H15N3O5S. The molecule has 9 heteroatoms. The number of thiazole rings is 1. The first-order valence-corrected chi connectivity index (χ1v) is 9.32. The number of amides is 1. The van der Waals surface area contributed by atoms with E-state index in [-0.39, 0.29) is 11.3 Å². The van der Waals surface area contributed by atoms with Crippen molar-refractivity contribution in [3.05, 3.63) is 70.1 Å². The molecule has 0 spiro atoms. The standard InChI is InChI=1S/C20H15N3O5S/c1-12-11-29-19(22-12)15(9-21)16(24)10-28-20(26)13-4-6-14(7-5-13)23-18(25)17-3-2-8-27-17/h2-8,11,15H,10H2,1H3,(H,23,25)/t15-/m0/s1. The summed E-state index contributed by atoms with van der Waals surface area (Å²) in [5.74, 6) is -2.59. The maximum atomic E-state index is 12.2. The van der Waals surface area contributed by atoms with Crippen LogP contribution in [0.2, 0.25) is 0 Å². The van der Waals surface area contributed by atoms with Crippen molar-refractivity contribution in [2.45, 2.75) is 12.8 Å². The Morgan fingerprint density at radius 2 is 2.03 bits per heavy atom. The van der Waals surface area contributed by atoms with Crippen LogP contribution in [0.15, 0.2) is 52.5 Å². The van der Waals surface area contributed by atoms with Crippen LogP contribution >= 0.6 is 11.3 Å². The van der Waals surface area contributed by atoms with E-state index in [1.165, 1.54) is 47.9 Å². The molecule has 0 aliphatic carbocycles. The normalized spacial score (nSPS) is 11.3. The summed E-state index contributed by atoms with van der Waals surface area (Å²) >= 11 is 1.21. The summed E-state index contributed by atoms with van der Waals surface area (Å²) in [6.45, 7) is 1.23. The van der Waals surface area contributed by atoms with Crippen LogP contribution in [-0.4, -0.2) is 29.3 Å². The molecule has 0 bridgehead atoms. The molecule has 1 N–H and O–H groups in total. The average Bonchev–Trinajstić information content (AvgIpc) is 3.39. The van der Waals surface area contributed by atoms with Gasteiger partial charge in [-0.25, -0.2) is 9.78 Å². The number of benzene rings is 1. The lowest BCUT2D eigenvalue weighted by Crippen LogP contribution is -2.20. The van der Waals surface area contributed by atoms with Gasteiger partial charge in [-0.05, 0) is 43.3 Å². The van der Waals surface area contributed by atoms with E-state index in [0.717, 1.165) is 0 Å². The third-order valence-electron chi connectivity index (χ3n) is 3.80. The maximum absolute atomic E-state index is 12.2. The smallest absolute Gasteiger partial charge is 0.338 e. The van der Waals surface area contributed by atoms with Crippen molar-refractivity contribution in [1.82, 2.24) is 4.98 Å². The molecule has 1 atom stereocenters. The Bertz CT molecular complexity index is 1060.